The number of hydrogen-bond donors (Lipinski definition) is 0. The third-order valence-corrected chi connectivity index (χ3v) is 2.83. The summed E-state index contributed by atoms with van der Waals surface area (Å²) in [6.07, 6.45) is 4.56. The van der Waals surface area contributed by atoms with E-state index in [1.54, 1.807) is 12.4 Å². The molecule has 14 heavy (non-hydrogen) atoms. The minimum Gasteiger partial charge on any atom is -0.492 e. The van der Waals surface area contributed by atoms with E-state index >= 15 is 0 Å². The van der Waals surface area contributed by atoms with Crippen molar-refractivity contribution in [1.82, 2.24) is 4.98 Å². The molecule has 0 aromatic carbocycles. The lowest BCUT2D eigenvalue weighted by Crippen LogP contribution is -2.11. The second kappa shape index (κ2) is 4.75. The third kappa shape index (κ3) is 2.45. The van der Waals surface area contributed by atoms with Gasteiger partial charge in [-0.3, -0.25) is 4.98 Å². The number of hydrogen-bond acceptors (Lipinski definition) is 3. The summed E-state index contributed by atoms with van der Waals surface area (Å²) in [5.74, 6) is 1.39. The molecule has 1 aromatic rings. The fourth-order valence-electron chi connectivity index (χ4n) is 1.40. The summed E-state index contributed by atoms with van der Waals surface area (Å²) in [6.45, 7) is 2.41. The summed E-state index contributed by atoms with van der Waals surface area (Å²) < 4.78 is 11.8. The molecule has 1 aromatic heterocycles. The molecular weight excluding hydrogens is 246 g/mol. The van der Waals surface area contributed by atoms with Crippen LogP contribution in [0.3, 0.4) is 0 Å². The first-order valence-electron chi connectivity index (χ1n) is 4.66. The van der Waals surface area contributed by atoms with Crippen LogP contribution in [0.1, 0.15) is 6.42 Å². The molecule has 0 spiro atoms. The molecule has 1 atom stereocenters. The van der Waals surface area contributed by atoms with Crippen LogP contribution in [0.15, 0.2) is 22.9 Å². The SMILES string of the molecule is Brc1cnccc1OCC1CCOC1. The molecule has 0 N–H and O–H groups in total. The third-order valence-electron chi connectivity index (χ3n) is 2.23. The molecule has 1 unspecified atom stereocenters. The van der Waals surface area contributed by atoms with Crippen LogP contribution >= 0.6 is 15.9 Å². The van der Waals surface area contributed by atoms with Gasteiger partial charge in [-0.05, 0) is 28.4 Å². The van der Waals surface area contributed by atoms with Gasteiger partial charge in [0.15, 0.2) is 0 Å². The van der Waals surface area contributed by atoms with Crippen molar-refractivity contribution in [2.24, 2.45) is 5.92 Å². The summed E-state index contributed by atoms with van der Waals surface area (Å²) >= 11 is 3.39. The smallest absolute Gasteiger partial charge is 0.136 e. The highest BCUT2D eigenvalue weighted by atomic mass is 79.9. The molecule has 1 saturated heterocycles. The number of rotatable bonds is 3. The molecule has 0 saturated carbocycles. The lowest BCUT2D eigenvalue weighted by Gasteiger charge is -2.10. The standard InChI is InChI=1S/C10H12BrNO2/c11-9-5-12-3-1-10(9)14-7-8-2-4-13-6-8/h1,3,5,8H,2,4,6-7H2. The predicted octanol–water partition coefficient (Wildman–Crippen LogP) is 2.26. The van der Waals surface area contributed by atoms with E-state index in [0.717, 1.165) is 36.5 Å². The van der Waals surface area contributed by atoms with Crippen LogP contribution in [0, 0.1) is 5.92 Å². The number of aromatic nitrogens is 1. The Balaban J connectivity index is 1.88. The highest BCUT2D eigenvalue weighted by Crippen LogP contribution is 2.24. The van der Waals surface area contributed by atoms with Gasteiger partial charge in [0.2, 0.25) is 0 Å². The second-order valence-electron chi connectivity index (χ2n) is 3.35. The molecule has 0 radical (unpaired) electrons. The molecule has 0 bridgehead atoms. The Kier molecular flexibility index (Phi) is 3.37. The minimum atomic E-state index is 0.537. The van der Waals surface area contributed by atoms with Crippen molar-refractivity contribution in [2.45, 2.75) is 6.42 Å². The van der Waals surface area contributed by atoms with Gasteiger partial charge < -0.3 is 9.47 Å². The van der Waals surface area contributed by atoms with Gasteiger partial charge in [0.05, 0.1) is 17.7 Å². The molecule has 76 valence electrons. The zero-order chi connectivity index (χ0) is 9.80. The van der Waals surface area contributed by atoms with Gasteiger partial charge in [0.25, 0.3) is 0 Å². The lowest BCUT2D eigenvalue weighted by molar-refractivity contribution is 0.167. The van der Waals surface area contributed by atoms with E-state index in [1.807, 2.05) is 6.07 Å². The van der Waals surface area contributed by atoms with Crippen molar-refractivity contribution in [1.29, 1.82) is 0 Å². The van der Waals surface area contributed by atoms with Crippen molar-refractivity contribution in [3.63, 3.8) is 0 Å². The van der Waals surface area contributed by atoms with Crippen molar-refractivity contribution in [2.75, 3.05) is 19.8 Å². The molecule has 0 aliphatic carbocycles. The van der Waals surface area contributed by atoms with E-state index in [2.05, 4.69) is 20.9 Å². The van der Waals surface area contributed by atoms with Crippen LogP contribution in [0.5, 0.6) is 5.75 Å². The fraction of sp³-hybridized carbons (Fsp3) is 0.500. The Morgan fingerprint density at radius 2 is 2.57 bits per heavy atom. The van der Waals surface area contributed by atoms with Crippen LogP contribution < -0.4 is 4.74 Å². The van der Waals surface area contributed by atoms with E-state index in [4.69, 9.17) is 9.47 Å². The molecule has 2 heterocycles. The Hall–Kier alpha value is -0.610. The van der Waals surface area contributed by atoms with E-state index < -0.39 is 0 Å². The average molecular weight is 258 g/mol. The molecule has 0 amide bonds. The minimum absolute atomic E-state index is 0.537. The van der Waals surface area contributed by atoms with Crippen LogP contribution in [-0.2, 0) is 4.74 Å². The first kappa shape index (κ1) is 9.93. The Labute approximate surface area is 91.6 Å². The molecule has 3 nitrogen and oxygen atoms in total. The van der Waals surface area contributed by atoms with E-state index in [-0.39, 0.29) is 0 Å². The van der Waals surface area contributed by atoms with E-state index in [9.17, 15) is 0 Å². The molecule has 1 aliphatic rings. The molecule has 2 rings (SSSR count). The topological polar surface area (TPSA) is 31.4 Å². The Bertz CT molecular complexity index is 300. The highest BCUT2D eigenvalue weighted by molar-refractivity contribution is 9.10. The summed E-state index contributed by atoms with van der Waals surface area (Å²) in [7, 11) is 0. The summed E-state index contributed by atoms with van der Waals surface area (Å²) in [5, 5.41) is 0. The molecular formula is C10H12BrNO2. The normalized spacial score (nSPS) is 21.1. The Morgan fingerprint density at radius 3 is 3.29 bits per heavy atom. The van der Waals surface area contributed by atoms with Gasteiger partial charge in [0.1, 0.15) is 5.75 Å². The zero-order valence-electron chi connectivity index (χ0n) is 7.78. The van der Waals surface area contributed by atoms with Crippen molar-refractivity contribution >= 4 is 15.9 Å². The maximum absolute atomic E-state index is 5.65. The van der Waals surface area contributed by atoms with E-state index in [1.165, 1.54) is 0 Å². The zero-order valence-corrected chi connectivity index (χ0v) is 9.37. The summed E-state index contributed by atoms with van der Waals surface area (Å²) in [5.41, 5.74) is 0. The fourth-order valence-corrected chi connectivity index (χ4v) is 1.77. The van der Waals surface area contributed by atoms with Gasteiger partial charge >= 0.3 is 0 Å². The van der Waals surface area contributed by atoms with Gasteiger partial charge in [-0.2, -0.15) is 0 Å². The summed E-state index contributed by atoms with van der Waals surface area (Å²) in [6, 6.07) is 1.86. The van der Waals surface area contributed by atoms with Crippen LogP contribution in [0.25, 0.3) is 0 Å². The van der Waals surface area contributed by atoms with Crippen molar-refractivity contribution < 1.29 is 9.47 Å². The van der Waals surface area contributed by atoms with Gasteiger partial charge in [-0.25, -0.2) is 0 Å². The summed E-state index contributed by atoms with van der Waals surface area (Å²) in [4.78, 5) is 3.97. The number of halogens is 1. The number of nitrogens with zero attached hydrogens (tertiary/aromatic N) is 1. The monoisotopic (exact) mass is 257 g/mol. The van der Waals surface area contributed by atoms with Gasteiger partial charge in [0, 0.05) is 24.9 Å². The van der Waals surface area contributed by atoms with Crippen molar-refractivity contribution in [3.8, 4) is 5.75 Å². The van der Waals surface area contributed by atoms with Crippen LogP contribution in [0.2, 0.25) is 0 Å². The van der Waals surface area contributed by atoms with Crippen molar-refractivity contribution in [3.05, 3.63) is 22.9 Å². The predicted molar refractivity (Wildman–Crippen MR) is 56.4 cm³/mol. The van der Waals surface area contributed by atoms with Crippen LogP contribution in [-0.4, -0.2) is 24.8 Å². The largest absolute Gasteiger partial charge is 0.492 e. The number of ether oxygens (including phenoxy) is 2. The Morgan fingerprint density at radius 1 is 1.64 bits per heavy atom. The second-order valence-corrected chi connectivity index (χ2v) is 4.20. The maximum Gasteiger partial charge on any atom is 0.136 e. The number of pyridine rings is 1. The van der Waals surface area contributed by atoms with Gasteiger partial charge in [-0.15, -0.1) is 0 Å². The van der Waals surface area contributed by atoms with E-state index in [0.29, 0.717) is 5.92 Å². The highest BCUT2D eigenvalue weighted by Gasteiger charge is 2.16. The lowest BCUT2D eigenvalue weighted by atomic mass is 10.1. The van der Waals surface area contributed by atoms with Gasteiger partial charge in [-0.1, -0.05) is 0 Å². The average Bonchev–Trinajstić information content (AvgIpc) is 2.69. The molecule has 4 heteroatoms. The first-order valence-corrected chi connectivity index (χ1v) is 5.45. The first-order chi connectivity index (χ1) is 6.86. The quantitative estimate of drug-likeness (QED) is 0.833. The van der Waals surface area contributed by atoms with Crippen LogP contribution in [0.4, 0.5) is 0 Å². The molecule has 1 fully saturated rings. The molecule has 1 aliphatic heterocycles. The maximum atomic E-state index is 5.65.